The first-order valence-electron chi connectivity index (χ1n) is 5.45. The fraction of sp³-hybridized carbons (Fsp3) is 0.400. The summed E-state index contributed by atoms with van der Waals surface area (Å²) in [6, 6.07) is 3.66. The molecule has 0 radical (unpaired) electrons. The number of ether oxygens (including phenoxy) is 1. The SMILES string of the molecule is Nc1ccc(NN2CCOCC2)c2nonc12. The first-order chi connectivity index (χ1) is 8.34. The van der Waals surface area contributed by atoms with Crippen molar-refractivity contribution in [1.82, 2.24) is 15.3 Å². The molecule has 1 saturated heterocycles. The topological polar surface area (TPSA) is 89.4 Å². The number of anilines is 2. The molecule has 0 bridgehead atoms. The van der Waals surface area contributed by atoms with Gasteiger partial charge in [0.1, 0.15) is 0 Å². The lowest BCUT2D eigenvalue weighted by atomic mass is 10.2. The van der Waals surface area contributed by atoms with Crippen LogP contribution in [0.4, 0.5) is 11.4 Å². The van der Waals surface area contributed by atoms with Crippen LogP contribution < -0.4 is 11.2 Å². The van der Waals surface area contributed by atoms with Crippen molar-refractivity contribution < 1.29 is 9.37 Å². The third-order valence-electron chi connectivity index (χ3n) is 2.74. The van der Waals surface area contributed by atoms with E-state index in [4.69, 9.17) is 15.1 Å². The predicted molar refractivity (Wildman–Crippen MR) is 62.2 cm³/mol. The highest BCUT2D eigenvalue weighted by Crippen LogP contribution is 2.25. The molecule has 0 amide bonds. The molecule has 0 unspecified atom stereocenters. The zero-order valence-corrected chi connectivity index (χ0v) is 9.22. The monoisotopic (exact) mass is 235 g/mol. The highest BCUT2D eigenvalue weighted by Gasteiger charge is 2.14. The summed E-state index contributed by atoms with van der Waals surface area (Å²) in [5.41, 5.74) is 11.7. The molecule has 7 heteroatoms. The van der Waals surface area contributed by atoms with Crippen molar-refractivity contribution in [3.05, 3.63) is 12.1 Å². The molecule has 2 aromatic rings. The number of nitrogens with zero attached hydrogens (tertiary/aromatic N) is 3. The normalized spacial score (nSPS) is 17.4. The molecule has 1 aromatic carbocycles. The van der Waals surface area contributed by atoms with Gasteiger partial charge in [-0.2, -0.15) is 0 Å². The third-order valence-corrected chi connectivity index (χ3v) is 2.74. The van der Waals surface area contributed by atoms with E-state index in [1.807, 2.05) is 6.07 Å². The second-order valence-electron chi connectivity index (χ2n) is 3.88. The van der Waals surface area contributed by atoms with Crippen molar-refractivity contribution in [3.63, 3.8) is 0 Å². The molecule has 1 aliphatic rings. The van der Waals surface area contributed by atoms with Gasteiger partial charge in [0.25, 0.3) is 0 Å². The van der Waals surface area contributed by atoms with E-state index in [0.29, 0.717) is 16.7 Å². The largest absolute Gasteiger partial charge is 0.397 e. The second-order valence-corrected chi connectivity index (χ2v) is 3.88. The third kappa shape index (κ3) is 1.90. The van der Waals surface area contributed by atoms with Crippen LogP contribution in [0.25, 0.3) is 11.0 Å². The summed E-state index contributed by atoms with van der Waals surface area (Å²) in [7, 11) is 0. The molecule has 0 aliphatic carbocycles. The van der Waals surface area contributed by atoms with Crippen LogP contribution in [0.1, 0.15) is 0 Å². The number of fused-ring (bicyclic) bond motifs is 1. The number of nitrogens with one attached hydrogen (secondary N) is 1. The lowest BCUT2D eigenvalue weighted by molar-refractivity contribution is 0.0497. The maximum Gasteiger partial charge on any atom is 0.161 e. The van der Waals surface area contributed by atoms with Crippen molar-refractivity contribution in [3.8, 4) is 0 Å². The van der Waals surface area contributed by atoms with E-state index >= 15 is 0 Å². The van der Waals surface area contributed by atoms with E-state index in [9.17, 15) is 0 Å². The van der Waals surface area contributed by atoms with Gasteiger partial charge in [-0.05, 0) is 22.4 Å². The Labute approximate surface area is 97.4 Å². The molecule has 7 nitrogen and oxygen atoms in total. The average Bonchev–Trinajstić information content (AvgIpc) is 2.84. The highest BCUT2D eigenvalue weighted by atomic mass is 16.6. The molecule has 3 N–H and O–H groups in total. The number of aromatic nitrogens is 2. The Morgan fingerprint density at radius 3 is 2.76 bits per heavy atom. The maximum atomic E-state index is 5.78. The molecular weight excluding hydrogens is 222 g/mol. The van der Waals surface area contributed by atoms with Gasteiger partial charge in [-0.1, -0.05) is 0 Å². The number of nitrogen functional groups attached to an aromatic ring is 1. The van der Waals surface area contributed by atoms with Gasteiger partial charge in [0.15, 0.2) is 11.0 Å². The van der Waals surface area contributed by atoms with Crippen LogP contribution in [-0.4, -0.2) is 41.6 Å². The van der Waals surface area contributed by atoms with E-state index < -0.39 is 0 Å². The highest BCUT2D eigenvalue weighted by molar-refractivity contribution is 5.94. The summed E-state index contributed by atoms with van der Waals surface area (Å²) in [5.74, 6) is 0. The summed E-state index contributed by atoms with van der Waals surface area (Å²) >= 11 is 0. The lowest BCUT2D eigenvalue weighted by Gasteiger charge is -2.27. The molecule has 0 atom stereocenters. The smallest absolute Gasteiger partial charge is 0.161 e. The molecule has 1 aromatic heterocycles. The number of hydrogen-bond donors (Lipinski definition) is 2. The van der Waals surface area contributed by atoms with Gasteiger partial charge in [-0.15, -0.1) is 0 Å². The number of morpholine rings is 1. The molecule has 17 heavy (non-hydrogen) atoms. The van der Waals surface area contributed by atoms with Crippen LogP contribution in [0.15, 0.2) is 16.8 Å². The van der Waals surface area contributed by atoms with Crippen LogP contribution in [0.2, 0.25) is 0 Å². The van der Waals surface area contributed by atoms with E-state index in [-0.39, 0.29) is 0 Å². The van der Waals surface area contributed by atoms with Crippen molar-refractivity contribution in [2.24, 2.45) is 0 Å². The van der Waals surface area contributed by atoms with Gasteiger partial charge in [0.2, 0.25) is 0 Å². The molecule has 2 heterocycles. The van der Waals surface area contributed by atoms with Gasteiger partial charge in [-0.3, -0.25) is 0 Å². The summed E-state index contributed by atoms with van der Waals surface area (Å²) < 4.78 is 9.99. The fourth-order valence-electron chi connectivity index (χ4n) is 1.82. The average molecular weight is 235 g/mol. The van der Waals surface area contributed by atoms with Crippen LogP contribution in [0.5, 0.6) is 0 Å². The summed E-state index contributed by atoms with van der Waals surface area (Å²) in [6.07, 6.45) is 0. The summed E-state index contributed by atoms with van der Waals surface area (Å²) in [6.45, 7) is 3.11. The Kier molecular flexibility index (Phi) is 2.54. The van der Waals surface area contributed by atoms with Crippen molar-refractivity contribution >= 4 is 22.4 Å². The molecule has 1 aliphatic heterocycles. The lowest BCUT2D eigenvalue weighted by Crippen LogP contribution is -2.40. The van der Waals surface area contributed by atoms with Crippen LogP contribution in [0, 0.1) is 0 Å². The number of benzene rings is 1. The molecule has 0 spiro atoms. The minimum atomic E-state index is 0.564. The van der Waals surface area contributed by atoms with Gasteiger partial charge < -0.3 is 15.9 Å². The van der Waals surface area contributed by atoms with Crippen molar-refractivity contribution in [2.75, 3.05) is 37.5 Å². The molecular formula is C10H13N5O2. The Hall–Kier alpha value is -1.86. The zero-order chi connectivity index (χ0) is 11.7. The van der Waals surface area contributed by atoms with Crippen LogP contribution in [-0.2, 0) is 4.74 Å². The fourth-order valence-corrected chi connectivity index (χ4v) is 1.82. The van der Waals surface area contributed by atoms with Gasteiger partial charge in [0, 0.05) is 13.1 Å². The number of hydrazine groups is 1. The molecule has 90 valence electrons. The predicted octanol–water partition coefficient (Wildman–Crippen LogP) is 0.464. The van der Waals surface area contributed by atoms with E-state index in [1.165, 1.54) is 0 Å². The second kappa shape index (κ2) is 4.19. The van der Waals surface area contributed by atoms with E-state index in [2.05, 4.69) is 20.7 Å². The van der Waals surface area contributed by atoms with Crippen molar-refractivity contribution in [1.29, 1.82) is 0 Å². The first-order valence-corrected chi connectivity index (χ1v) is 5.45. The van der Waals surface area contributed by atoms with Crippen molar-refractivity contribution in [2.45, 2.75) is 0 Å². The number of hydrogen-bond acceptors (Lipinski definition) is 7. The van der Waals surface area contributed by atoms with E-state index in [1.54, 1.807) is 6.07 Å². The number of nitrogens with two attached hydrogens (primary N) is 1. The first kappa shape index (κ1) is 10.3. The Bertz CT molecular complexity index is 520. The summed E-state index contributed by atoms with van der Waals surface area (Å²) in [4.78, 5) is 0. The summed E-state index contributed by atoms with van der Waals surface area (Å²) in [5, 5.41) is 9.71. The maximum absolute atomic E-state index is 5.78. The minimum Gasteiger partial charge on any atom is -0.397 e. The van der Waals surface area contributed by atoms with Gasteiger partial charge in [-0.25, -0.2) is 9.64 Å². The minimum absolute atomic E-state index is 0.564. The van der Waals surface area contributed by atoms with Crippen LogP contribution in [0.3, 0.4) is 0 Å². The molecule has 3 rings (SSSR count). The molecule has 1 fully saturated rings. The van der Waals surface area contributed by atoms with Crippen LogP contribution >= 0.6 is 0 Å². The van der Waals surface area contributed by atoms with Gasteiger partial charge >= 0.3 is 0 Å². The Morgan fingerprint density at radius 2 is 1.94 bits per heavy atom. The Balaban J connectivity index is 1.89. The van der Waals surface area contributed by atoms with Gasteiger partial charge in [0.05, 0.1) is 24.6 Å². The Morgan fingerprint density at radius 1 is 1.18 bits per heavy atom. The standard InChI is InChI=1S/C10H13N5O2/c11-7-1-2-8(10-9(7)13-17-14-10)12-15-3-5-16-6-4-15/h1-2,12H,3-6,11H2. The quantitative estimate of drug-likeness (QED) is 0.731. The molecule has 0 saturated carbocycles. The zero-order valence-electron chi connectivity index (χ0n) is 9.22. The number of rotatable bonds is 2. The van der Waals surface area contributed by atoms with E-state index in [0.717, 1.165) is 32.0 Å².